The van der Waals surface area contributed by atoms with Gasteiger partial charge in [0.05, 0.1) is 0 Å². The molecule has 2 nitrogen and oxygen atoms in total. The number of likely N-dealkylation sites (N-methyl/N-ethyl adjacent to an activating group) is 1. The average molecular weight is 212 g/mol. The third-order valence-electron chi connectivity index (χ3n) is 3.82. The molecule has 1 fully saturated rings. The van der Waals surface area contributed by atoms with Crippen LogP contribution in [0, 0.1) is 0 Å². The Morgan fingerprint density at radius 1 is 1.40 bits per heavy atom. The zero-order valence-corrected chi connectivity index (χ0v) is 11.2. The van der Waals surface area contributed by atoms with Crippen LogP contribution in [0.5, 0.6) is 0 Å². The van der Waals surface area contributed by atoms with E-state index in [1.165, 1.54) is 32.4 Å². The van der Waals surface area contributed by atoms with E-state index in [0.717, 1.165) is 12.6 Å². The van der Waals surface area contributed by atoms with Crippen LogP contribution in [0.4, 0.5) is 0 Å². The van der Waals surface area contributed by atoms with E-state index < -0.39 is 0 Å². The molecule has 2 heteroatoms. The highest BCUT2D eigenvalue weighted by atomic mass is 15.4. The summed E-state index contributed by atoms with van der Waals surface area (Å²) in [5.74, 6) is 0. The fraction of sp³-hybridized carbons (Fsp3) is 1.00. The van der Waals surface area contributed by atoms with Gasteiger partial charge in [0.15, 0.2) is 0 Å². The molecule has 0 amide bonds. The number of nitrogens with zero attached hydrogens (tertiary/aromatic N) is 2. The molecule has 0 N–H and O–H groups in total. The maximum absolute atomic E-state index is 2.66. The van der Waals surface area contributed by atoms with Crippen molar-refractivity contribution < 1.29 is 0 Å². The standard InChI is InChI=1S/C13H28N2/c1-6-8-9-13(4)11-15(13)12(3)10-14(5)7-2/h12H,6-11H2,1-5H3. The normalized spacial score (nSPS) is 32.0. The molecule has 0 aromatic heterocycles. The van der Waals surface area contributed by atoms with Gasteiger partial charge in [-0.05, 0) is 33.9 Å². The first-order chi connectivity index (χ1) is 7.03. The van der Waals surface area contributed by atoms with Gasteiger partial charge in [0.25, 0.3) is 0 Å². The van der Waals surface area contributed by atoms with Gasteiger partial charge in [-0.2, -0.15) is 0 Å². The van der Waals surface area contributed by atoms with Crippen molar-refractivity contribution in [1.29, 1.82) is 0 Å². The summed E-state index contributed by atoms with van der Waals surface area (Å²) < 4.78 is 0. The van der Waals surface area contributed by atoms with Crippen LogP contribution in [-0.4, -0.2) is 48.1 Å². The van der Waals surface area contributed by atoms with Crippen molar-refractivity contribution in [2.24, 2.45) is 0 Å². The Hall–Kier alpha value is -0.0800. The highest BCUT2D eigenvalue weighted by molar-refractivity contribution is 5.05. The lowest BCUT2D eigenvalue weighted by atomic mass is 10.0. The summed E-state index contributed by atoms with van der Waals surface area (Å²) in [5.41, 5.74) is 0.532. The topological polar surface area (TPSA) is 6.25 Å². The van der Waals surface area contributed by atoms with Crippen molar-refractivity contribution in [2.75, 3.05) is 26.7 Å². The largest absolute Gasteiger partial charge is 0.305 e. The van der Waals surface area contributed by atoms with Crippen LogP contribution in [0.2, 0.25) is 0 Å². The molecule has 1 heterocycles. The lowest BCUT2D eigenvalue weighted by Gasteiger charge is -2.23. The van der Waals surface area contributed by atoms with E-state index in [1.807, 2.05) is 0 Å². The van der Waals surface area contributed by atoms with E-state index >= 15 is 0 Å². The number of hydrogen-bond donors (Lipinski definition) is 0. The van der Waals surface area contributed by atoms with Crippen molar-refractivity contribution in [3.8, 4) is 0 Å². The van der Waals surface area contributed by atoms with Gasteiger partial charge < -0.3 is 4.90 Å². The monoisotopic (exact) mass is 212 g/mol. The van der Waals surface area contributed by atoms with E-state index in [2.05, 4.69) is 44.5 Å². The summed E-state index contributed by atoms with van der Waals surface area (Å²) in [6.45, 7) is 13.0. The fourth-order valence-corrected chi connectivity index (χ4v) is 2.48. The number of unbranched alkanes of at least 4 members (excludes halogenated alkanes) is 1. The molecule has 0 bridgehead atoms. The van der Waals surface area contributed by atoms with Crippen molar-refractivity contribution in [1.82, 2.24) is 9.80 Å². The average Bonchev–Trinajstić information content (AvgIpc) is 2.88. The second-order valence-electron chi connectivity index (χ2n) is 5.43. The molecule has 0 aromatic carbocycles. The molecule has 0 radical (unpaired) electrons. The molecule has 3 atom stereocenters. The zero-order chi connectivity index (χ0) is 11.5. The van der Waals surface area contributed by atoms with Crippen LogP contribution in [0.1, 0.15) is 47.0 Å². The van der Waals surface area contributed by atoms with Gasteiger partial charge in [0, 0.05) is 24.7 Å². The highest BCUT2D eigenvalue weighted by Gasteiger charge is 2.48. The fourth-order valence-electron chi connectivity index (χ4n) is 2.48. The smallest absolute Gasteiger partial charge is 0.0312 e. The summed E-state index contributed by atoms with van der Waals surface area (Å²) >= 11 is 0. The van der Waals surface area contributed by atoms with Gasteiger partial charge in [-0.15, -0.1) is 0 Å². The second-order valence-corrected chi connectivity index (χ2v) is 5.43. The molecule has 1 aliphatic rings. The quantitative estimate of drug-likeness (QED) is 0.598. The SMILES string of the molecule is CCCCC1(C)CN1C(C)CN(C)CC. The van der Waals surface area contributed by atoms with Crippen molar-refractivity contribution >= 4 is 0 Å². The van der Waals surface area contributed by atoms with Gasteiger partial charge in [-0.1, -0.05) is 26.7 Å². The van der Waals surface area contributed by atoms with E-state index in [4.69, 9.17) is 0 Å². The Bertz CT molecular complexity index is 193. The molecule has 1 rings (SSSR count). The second kappa shape index (κ2) is 5.31. The first-order valence-electron chi connectivity index (χ1n) is 6.48. The molecule has 0 saturated carbocycles. The van der Waals surface area contributed by atoms with Gasteiger partial charge in [0.2, 0.25) is 0 Å². The Kier molecular flexibility index (Phi) is 4.60. The predicted molar refractivity (Wildman–Crippen MR) is 67.3 cm³/mol. The first-order valence-corrected chi connectivity index (χ1v) is 6.48. The van der Waals surface area contributed by atoms with Crippen LogP contribution in [0.25, 0.3) is 0 Å². The maximum Gasteiger partial charge on any atom is 0.0312 e. The van der Waals surface area contributed by atoms with E-state index in [-0.39, 0.29) is 0 Å². The lowest BCUT2D eigenvalue weighted by molar-refractivity contribution is 0.240. The minimum atomic E-state index is 0.532. The number of hydrogen-bond acceptors (Lipinski definition) is 2. The maximum atomic E-state index is 2.66. The molecule has 15 heavy (non-hydrogen) atoms. The van der Waals surface area contributed by atoms with Crippen molar-refractivity contribution in [3.05, 3.63) is 0 Å². The first kappa shape index (κ1) is 13.0. The van der Waals surface area contributed by atoms with Crippen molar-refractivity contribution in [2.45, 2.75) is 58.5 Å². The van der Waals surface area contributed by atoms with E-state index in [1.54, 1.807) is 0 Å². The molecule has 0 spiro atoms. The van der Waals surface area contributed by atoms with Crippen LogP contribution in [-0.2, 0) is 0 Å². The molecular formula is C13H28N2. The molecule has 90 valence electrons. The summed E-state index contributed by atoms with van der Waals surface area (Å²) in [4.78, 5) is 5.07. The van der Waals surface area contributed by atoms with Gasteiger partial charge in [-0.3, -0.25) is 4.90 Å². The molecular weight excluding hydrogens is 184 g/mol. The summed E-state index contributed by atoms with van der Waals surface area (Å²) in [6, 6.07) is 0.719. The molecule has 1 saturated heterocycles. The predicted octanol–water partition coefficient (Wildman–Crippen LogP) is 2.59. The van der Waals surface area contributed by atoms with Gasteiger partial charge >= 0.3 is 0 Å². The van der Waals surface area contributed by atoms with Gasteiger partial charge in [0.1, 0.15) is 0 Å². The highest BCUT2D eigenvalue weighted by Crippen LogP contribution is 2.38. The van der Waals surface area contributed by atoms with E-state index in [9.17, 15) is 0 Å². The third kappa shape index (κ3) is 3.46. The lowest BCUT2D eigenvalue weighted by Crippen LogP contribution is -2.34. The third-order valence-corrected chi connectivity index (χ3v) is 3.82. The van der Waals surface area contributed by atoms with Crippen LogP contribution >= 0.6 is 0 Å². The Morgan fingerprint density at radius 2 is 2.07 bits per heavy atom. The van der Waals surface area contributed by atoms with Crippen LogP contribution in [0.15, 0.2) is 0 Å². The van der Waals surface area contributed by atoms with Crippen molar-refractivity contribution in [3.63, 3.8) is 0 Å². The summed E-state index contributed by atoms with van der Waals surface area (Å²) in [5, 5.41) is 0. The molecule has 0 aromatic rings. The van der Waals surface area contributed by atoms with Gasteiger partial charge in [-0.25, -0.2) is 0 Å². The minimum absolute atomic E-state index is 0.532. The summed E-state index contributed by atoms with van der Waals surface area (Å²) in [6.07, 6.45) is 4.08. The molecule has 0 aliphatic carbocycles. The summed E-state index contributed by atoms with van der Waals surface area (Å²) in [7, 11) is 2.21. The Labute approximate surface area is 95.6 Å². The molecule has 1 aliphatic heterocycles. The molecule has 3 unspecified atom stereocenters. The minimum Gasteiger partial charge on any atom is -0.305 e. The Balaban J connectivity index is 2.28. The zero-order valence-electron chi connectivity index (χ0n) is 11.2. The van der Waals surface area contributed by atoms with Crippen LogP contribution < -0.4 is 0 Å². The van der Waals surface area contributed by atoms with E-state index in [0.29, 0.717) is 5.54 Å². The Morgan fingerprint density at radius 3 is 2.60 bits per heavy atom. The number of rotatable bonds is 7. The van der Waals surface area contributed by atoms with Crippen LogP contribution in [0.3, 0.4) is 0 Å².